The monoisotopic (exact) mass is 524 g/mol. The van der Waals surface area contributed by atoms with E-state index in [-0.39, 0.29) is 23.7 Å². The van der Waals surface area contributed by atoms with Crippen molar-refractivity contribution < 1.29 is 9.18 Å². The first-order chi connectivity index (χ1) is 18.9. The van der Waals surface area contributed by atoms with Crippen LogP contribution in [0.15, 0.2) is 60.7 Å². The van der Waals surface area contributed by atoms with Crippen molar-refractivity contribution >= 4 is 39.7 Å². The zero-order valence-electron chi connectivity index (χ0n) is 22.3. The van der Waals surface area contributed by atoms with Gasteiger partial charge >= 0.3 is 0 Å². The summed E-state index contributed by atoms with van der Waals surface area (Å²) >= 11 is 0. The minimum atomic E-state index is -0.359. The molecule has 1 saturated carbocycles. The number of piperazine rings is 1. The van der Waals surface area contributed by atoms with E-state index < -0.39 is 0 Å². The molecule has 2 fully saturated rings. The van der Waals surface area contributed by atoms with Crippen LogP contribution in [0.4, 0.5) is 27.1 Å². The van der Waals surface area contributed by atoms with Gasteiger partial charge in [-0.1, -0.05) is 13.8 Å². The molecule has 0 radical (unpaired) electrons. The van der Waals surface area contributed by atoms with Crippen LogP contribution in [0.3, 0.4) is 0 Å². The summed E-state index contributed by atoms with van der Waals surface area (Å²) in [5.74, 6) is 0.709. The minimum absolute atomic E-state index is 0.00630. The second kappa shape index (κ2) is 9.29. The molecule has 1 saturated heterocycles. The molecule has 1 atom stereocenters. The molecule has 1 aliphatic carbocycles. The number of halogens is 1. The second-order valence-corrected chi connectivity index (χ2v) is 11.3. The van der Waals surface area contributed by atoms with Crippen LogP contribution < -0.4 is 20.4 Å². The first-order valence-electron chi connectivity index (χ1n) is 13.9. The van der Waals surface area contributed by atoms with Gasteiger partial charge in [-0.2, -0.15) is 0 Å². The lowest BCUT2D eigenvalue weighted by Gasteiger charge is -2.37. The number of hydrogen-bond acceptors (Lipinski definition) is 5. The Labute approximate surface area is 227 Å². The van der Waals surface area contributed by atoms with Crippen molar-refractivity contribution in [3.05, 3.63) is 66.5 Å². The molecule has 1 aromatic heterocycles. The van der Waals surface area contributed by atoms with Crippen LogP contribution in [0, 0.1) is 11.7 Å². The number of anilines is 4. The highest BCUT2D eigenvalue weighted by Crippen LogP contribution is 2.41. The molecule has 200 valence electrons. The first-order valence-corrected chi connectivity index (χ1v) is 13.9. The summed E-state index contributed by atoms with van der Waals surface area (Å²) in [5, 5.41) is 6.76. The summed E-state index contributed by atoms with van der Waals surface area (Å²) in [5.41, 5.74) is 6.87. The van der Waals surface area contributed by atoms with E-state index in [1.165, 1.54) is 25.0 Å². The fraction of sp³-hybridized carbons (Fsp3) is 0.355. The maximum absolute atomic E-state index is 13.5. The second-order valence-electron chi connectivity index (χ2n) is 11.3. The van der Waals surface area contributed by atoms with Crippen LogP contribution in [0.25, 0.3) is 22.4 Å². The van der Waals surface area contributed by atoms with Crippen molar-refractivity contribution in [2.45, 2.75) is 38.8 Å². The molecule has 3 heterocycles. The highest BCUT2D eigenvalue weighted by Gasteiger charge is 2.34. The number of amides is 1. The number of nitrogens with one attached hydrogen (secondary N) is 2. The van der Waals surface area contributed by atoms with Crippen LogP contribution in [0.2, 0.25) is 0 Å². The zero-order chi connectivity index (χ0) is 26.7. The molecule has 2 aliphatic heterocycles. The molecule has 0 bridgehead atoms. The van der Waals surface area contributed by atoms with Gasteiger partial charge in [0, 0.05) is 54.8 Å². The number of rotatable bonds is 5. The summed E-state index contributed by atoms with van der Waals surface area (Å²) in [6.07, 6.45) is 2.39. The van der Waals surface area contributed by atoms with Crippen molar-refractivity contribution in [2.75, 3.05) is 46.6 Å². The lowest BCUT2D eigenvalue weighted by molar-refractivity contribution is -0.120. The highest BCUT2D eigenvalue weighted by atomic mass is 19.1. The van der Waals surface area contributed by atoms with Gasteiger partial charge in [-0.15, -0.1) is 0 Å². The molecule has 8 heteroatoms. The topological polar surface area (TPSA) is 65.4 Å². The Kier molecular flexibility index (Phi) is 5.72. The Hall–Kier alpha value is -4.07. The lowest BCUT2D eigenvalue weighted by atomic mass is 10.0. The van der Waals surface area contributed by atoms with Gasteiger partial charge in [0.05, 0.1) is 16.7 Å². The van der Waals surface area contributed by atoms with E-state index >= 15 is 0 Å². The Bertz CT molecular complexity index is 1550. The summed E-state index contributed by atoms with van der Waals surface area (Å²) in [7, 11) is 0. The third kappa shape index (κ3) is 4.37. The van der Waals surface area contributed by atoms with Gasteiger partial charge in [0.25, 0.3) is 0 Å². The summed E-state index contributed by atoms with van der Waals surface area (Å²) in [4.78, 5) is 23.3. The molecule has 7 nitrogen and oxygen atoms in total. The van der Waals surface area contributed by atoms with Crippen molar-refractivity contribution in [1.82, 2.24) is 9.55 Å². The Morgan fingerprint density at radius 2 is 1.62 bits per heavy atom. The van der Waals surface area contributed by atoms with Gasteiger partial charge in [-0.3, -0.25) is 4.79 Å². The molecule has 1 unspecified atom stereocenters. The summed E-state index contributed by atoms with van der Waals surface area (Å²) in [6, 6.07) is 19.5. The van der Waals surface area contributed by atoms with Crippen LogP contribution in [0.1, 0.15) is 32.7 Å². The lowest BCUT2D eigenvalue weighted by Crippen LogP contribution is -2.46. The molecular formula is C31H33FN6O. The van der Waals surface area contributed by atoms with E-state index in [0.717, 1.165) is 71.3 Å². The van der Waals surface area contributed by atoms with Gasteiger partial charge in [-0.25, -0.2) is 9.37 Å². The van der Waals surface area contributed by atoms with E-state index in [4.69, 9.17) is 4.98 Å². The minimum Gasteiger partial charge on any atom is -0.382 e. The van der Waals surface area contributed by atoms with Gasteiger partial charge in [0.1, 0.15) is 17.7 Å². The number of hydrogen-bond donors (Lipinski definition) is 2. The van der Waals surface area contributed by atoms with Crippen LogP contribution in [-0.4, -0.2) is 47.7 Å². The Morgan fingerprint density at radius 1 is 0.923 bits per heavy atom. The maximum Gasteiger partial charge on any atom is 0.247 e. The van der Waals surface area contributed by atoms with Gasteiger partial charge in [0.15, 0.2) is 0 Å². The van der Waals surface area contributed by atoms with Crippen molar-refractivity contribution in [1.29, 1.82) is 0 Å². The van der Waals surface area contributed by atoms with Crippen molar-refractivity contribution in [3.8, 4) is 11.4 Å². The van der Waals surface area contributed by atoms with Crippen LogP contribution in [-0.2, 0) is 4.79 Å². The van der Waals surface area contributed by atoms with Crippen molar-refractivity contribution in [3.63, 3.8) is 0 Å². The number of imidazole rings is 1. The number of benzene rings is 3. The van der Waals surface area contributed by atoms with Gasteiger partial charge in [-0.05, 0) is 79.4 Å². The average Bonchev–Trinajstić information content (AvgIpc) is 3.70. The maximum atomic E-state index is 13.5. The SMILES string of the molecule is CC(C)C1C(=O)Nc2ccc(NC3CC3)cc2-c2nc3cc(N4CCN(c5ccc(F)cc5)CC4)ccc3n21. The van der Waals surface area contributed by atoms with E-state index in [0.29, 0.717) is 6.04 Å². The zero-order valence-corrected chi connectivity index (χ0v) is 22.3. The molecule has 7 rings (SSSR count). The Balaban J connectivity index is 1.24. The predicted octanol–water partition coefficient (Wildman–Crippen LogP) is 5.89. The van der Waals surface area contributed by atoms with E-state index in [1.54, 1.807) is 0 Å². The van der Waals surface area contributed by atoms with Gasteiger partial charge in [0.2, 0.25) is 5.91 Å². The predicted molar refractivity (Wildman–Crippen MR) is 155 cm³/mol. The van der Waals surface area contributed by atoms with E-state index in [2.05, 4.69) is 63.1 Å². The number of carbonyl (C=O) groups excluding carboxylic acids is 1. The highest BCUT2D eigenvalue weighted by molar-refractivity contribution is 6.02. The molecular weight excluding hydrogens is 491 g/mol. The molecule has 1 amide bonds. The number of aromatic nitrogens is 2. The van der Waals surface area contributed by atoms with Crippen LogP contribution >= 0.6 is 0 Å². The third-order valence-corrected chi connectivity index (χ3v) is 8.15. The molecule has 0 spiro atoms. The summed E-state index contributed by atoms with van der Waals surface area (Å²) in [6.45, 7) is 7.64. The fourth-order valence-electron chi connectivity index (χ4n) is 5.95. The van der Waals surface area contributed by atoms with Crippen molar-refractivity contribution in [2.24, 2.45) is 5.92 Å². The molecule has 39 heavy (non-hydrogen) atoms. The number of nitrogens with zero attached hydrogens (tertiary/aromatic N) is 4. The average molecular weight is 525 g/mol. The molecule has 3 aliphatic rings. The molecule has 3 aromatic carbocycles. The molecule has 2 N–H and O–H groups in total. The van der Waals surface area contributed by atoms with Crippen LogP contribution in [0.5, 0.6) is 0 Å². The molecule has 4 aromatic rings. The first kappa shape index (κ1) is 24.0. The van der Waals surface area contributed by atoms with E-state index in [9.17, 15) is 9.18 Å². The smallest absolute Gasteiger partial charge is 0.247 e. The largest absolute Gasteiger partial charge is 0.382 e. The number of fused-ring (bicyclic) bond motifs is 5. The van der Waals surface area contributed by atoms with Gasteiger partial charge < -0.3 is 25.0 Å². The standard InChI is InChI=1S/C31H33FN6O/c1-19(2)29-31(39)35-26-11-7-22(33-21-5-6-21)17-25(26)30-34-27-18-24(10-12-28(27)38(29)30)37-15-13-36(14-16-37)23-8-3-20(32)4-9-23/h3-4,7-12,17-19,21,29,33H,5-6,13-16H2,1-2H3,(H,35,39). The van der Waals surface area contributed by atoms with E-state index in [1.807, 2.05) is 24.3 Å². The summed E-state index contributed by atoms with van der Waals surface area (Å²) < 4.78 is 15.5. The fourth-order valence-corrected chi connectivity index (χ4v) is 5.95. The Morgan fingerprint density at radius 3 is 2.31 bits per heavy atom. The third-order valence-electron chi connectivity index (χ3n) is 8.15. The normalized spacial score (nSPS) is 19.1. The quantitative estimate of drug-likeness (QED) is 0.341. The number of carbonyl (C=O) groups is 1.